The van der Waals surface area contributed by atoms with Crippen molar-refractivity contribution in [1.29, 1.82) is 0 Å². The molecule has 0 spiro atoms. The first kappa shape index (κ1) is 22.2. The summed E-state index contributed by atoms with van der Waals surface area (Å²) in [6.07, 6.45) is 0.831. The molecule has 0 radical (unpaired) electrons. The Bertz CT molecular complexity index is 1300. The van der Waals surface area contributed by atoms with E-state index in [9.17, 15) is 26.8 Å². The van der Waals surface area contributed by atoms with Crippen LogP contribution in [0.2, 0.25) is 0 Å². The molecule has 1 aromatic heterocycles. The number of rotatable bonds is 6. The molecule has 0 atom stereocenters. The normalized spacial score (nSPS) is 11.4. The second-order valence-electron chi connectivity index (χ2n) is 6.85. The number of carbonyl (C=O) groups is 1. The van der Waals surface area contributed by atoms with Gasteiger partial charge in [0, 0.05) is 13.1 Å². The fourth-order valence-corrected chi connectivity index (χ4v) is 3.91. The van der Waals surface area contributed by atoms with E-state index in [1.54, 1.807) is 49.0 Å². The third-order valence-electron chi connectivity index (χ3n) is 4.70. The van der Waals surface area contributed by atoms with Crippen LogP contribution in [0.25, 0.3) is 5.69 Å². The first-order valence-electron chi connectivity index (χ1n) is 9.07. The van der Waals surface area contributed by atoms with Crippen LogP contribution in [0.3, 0.4) is 0 Å². The molecule has 0 aliphatic rings. The van der Waals surface area contributed by atoms with E-state index < -0.39 is 39.7 Å². The lowest BCUT2D eigenvalue weighted by molar-refractivity contribution is -0.114. The highest BCUT2D eigenvalue weighted by atomic mass is 32.2. The van der Waals surface area contributed by atoms with Crippen molar-refractivity contribution in [2.45, 2.75) is 6.92 Å². The second kappa shape index (κ2) is 8.34. The fourth-order valence-electron chi connectivity index (χ4n) is 3.06. The number of amides is 1. The van der Waals surface area contributed by atoms with Crippen LogP contribution >= 0.6 is 0 Å². The Morgan fingerprint density at radius 2 is 1.74 bits per heavy atom. The van der Waals surface area contributed by atoms with Crippen LogP contribution in [0.4, 0.5) is 20.2 Å². The standard InChI is InChI=1S/C20H20F2N4O4S/c1-13-19(20(28)26(24(13)2)14-7-5-4-6-8-14)23-18(27)12-25(31(3,29)30)15-9-10-16(21)17(22)11-15/h4-11H,12H2,1-3H3,(H,23,27). The van der Waals surface area contributed by atoms with Crippen molar-refractivity contribution in [3.63, 3.8) is 0 Å². The van der Waals surface area contributed by atoms with Gasteiger partial charge in [-0.3, -0.25) is 18.6 Å². The van der Waals surface area contributed by atoms with Gasteiger partial charge in [-0.2, -0.15) is 0 Å². The van der Waals surface area contributed by atoms with Crippen molar-refractivity contribution < 1.29 is 22.0 Å². The summed E-state index contributed by atoms with van der Waals surface area (Å²) in [5, 5.41) is 2.44. The van der Waals surface area contributed by atoms with Gasteiger partial charge in [0.2, 0.25) is 15.9 Å². The van der Waals surface area contributed by atoms with E-state index in [2.05, 4.69) is 5.32 Å². The van der Waals surface area contributed by atoms with E-state index in [-0.39, 0.29) is 11.4 Å². The predicted molar refractivity (Wildman–Crippen MR) is 113 cm³/mol. The van der Waals surface area contributed by atoms with Gasteiger partial charge in [-0.05, 0) is 31.2 Å². The zero-order valence-electron chi connectivity index (χ0n) is 17.0. The Labute approximate surface area is 177 Å². The number of benzene rings is 2. The third kappa shape index (κ3) is 4.50. The van der Waals surface area contributed by atoms with Gasteiger partial charge < -0.3 is 5.32 Å². The van der Waals surface area contributed by atoms with Crippen molar-refractivity contribution in [3.8, 4) is 5.69 Å². The number of halogens is 2. The van der Waals surface area contributed by atoms with Gasteiger partial charge >= 0.3 is 0 Å². The lowest BCUT2D eigenvalue weighted by Crippen LogP contribution is -2.38. The molecule has 0 unspecified atom stereocenters. The van der Waals surface area contributed by atoms with Crippen molar-refractivity contribution >= 4 is 27.3 Å². The molecule has 1 N–H and O–H groups in total. The minimum atomic E-state index is -4.01. The molecule has 0 saturated heterocycles. The molecular weight excluding hydrogens is 430 g/mol. The molecule has 0 bridgehead atoms. The zero-order valence-corrected chi connectivity index (χ0v) is 17.8. The summed E-state index contributed by atoms with van der Waals surface area (Å²) in [6.45, 7) is 0.892. The van der Waals surface area contributed by atoms with E-state index in [0.717, 1.165) is 18.4 Å². The molecular formula is C20H20F2N4O4S. The number of sulfonamides is 1. The fraction of sp³-hybridized carbons (Fsp3) is 0.200. The molecule has 0 saturated carbocycles. The van der Waals surface area contributed by atoms with Gasteiger partial charge in [-0.15, -0.1) is 0 Å². The van der Waals surface area contributed by atoms with E-state index in [4.69, 9.17) is 0 Å². The van der Waals surface area contributed by atoms with Crippen LogP contribution in [0.1, 0.15) is 5.69 Å². The summed E-state index contributed by atoms with van der Waals surface area (Å²) in [7, 11) is -2.36. The maximum atomic E-state index is 13.6. The molecule has 1 amide bonds. The Balaban J connectivity index is 1.92. The molecule has 3 rings (SSSR count). The molecule has 3 aromatic rings. The number of hydrogen-bond acceptors (Lipinski definition) is 4. The lowest BCUT2D eigenvalue weighted by Gasteiger charge is -2.21. The Hall–Kier alpha value is -3.47. The molecule has 1 heterocycles. The maximum absolute atomic E-state index is 13.6. The third-order valence-corrected chi connectivity index (χ3v) is 5.84. The molecule has 11 heteroatoms. The first-order valence-corrected chi connectivity index (χ1v) is 10.9. The highest BCUT2D eigenvalue weighted by Crippen LogP contribution is 2.21. The van der Waals surface area contributed by atoms with Gasteiger partial charge in [0.15, 0.2) is 11.6 Å². The summed E-state index contributed by atoms with van der Waals surface area (Å²) >= 11 is 0. The largest absolute Gasteiger partial charge is 0.318 e. The minimum absolute atomic E-state index is 0.0184. The van der Waals surface area contributed by atoms with Gasteiger partial charge in [0.1, 0.15) is 12.2 Å². The minimum Gasteiger partial charge on any atom is -0.318 e. The monoisotopic (exact) mass is 450 g/mol. The number of para-hydroxylation sites is 1. The van der Waals surface area contributed by atoms with Crippen LogP contribution < -0.4 is 15.2 Å². The van der Waals surface area contributed by atoms with Crippen LogP contribution in [-0.4, -0.2) is 36.5 Å². The van der Waals surface area contributed by atoms with Gasteiger partial charge in [-0.1, -0.05) is 18.2 Å². The smallest absolute Gasteiger partial charge is 0.295 e. The number of aromatic nitrogens is 2. The molecule has 0 aliphatic carbocycles. The molecule has 164 valence electrons. The van der Waals surface area contributed by atoms with E-state index in [1.807, 2.05) is 0 Å². The predicted octanol–water partition coefficient (Wildman–Crippen LogP) is 2.17. The van der Waals surface area contributed by atoms with Gasteiger partial charge in [-0.25, -0.2) is 21.9 Å². The number of nitrogens with zero attached hydrogens (tertiary/aromatic N) is 3. The first-order chi connectivity index (χ1) is 14.5. The van der Waals surface area contributed by atoms with Crippen LogP contribution in [0.15, 0.2) is 53.3 Å². The summed E-state index contributed by atoms with van der Waals surface area (Å²) in [4.78, 5) is 25.5. The number of nitrogens with one attached hydrogen (secondary N) is 1. The Morgan fingerprint density at radius 1 is 1.10 bits per heavy atom. The molecule has 31 heavy (non-hydrogen) atoms. The quantitative estimate of drug-likeness (QED) is 0.623. The van der Waals surface area contributed by atoms with Crippen molar-refractivity contribution in [1.82, 2.24) is 9.36 Å². The number of anilines is 2. The van der Waals surface area contributed by atoms with Gasteiger partial charge in [0.25, 0.3) is 5.56 Å². The maximum Gasteiger partial charge on any atom is 0.295 e. The average molecular weight is 450 g/mol. The summed E-state index contributed by atoms with van der Waals surface area (Å²) in [5.41, 5.74) is 0.287. The summed E-state index contributed by atoms with van der Waals surface area (Å²) in [6, 6.07) is 11.2. The Morgan fingerprint density at radius 3 is 2.32 bits per heavy atom. The van der Waals surface area contributed by atoms with Gasteiger partial charge in [0.05, 0.1) is 23.3 Å². The van der Waals surface area contributed by atoms with E-state index >= 15 is 0 Å². The highest BCUT2D eigenvalue weighted by Gasteiger charge is 2.24. The lowest BCUT2D eigenvalue weighted by atomic mass is 10.3. The average Bonchev–Trinajstić information content (AvgIpc) is 2.91. The number of hydrogen-bond donors (Lipinski definition) is 1. The SMILES string of the molecule is Cc1c(NC(=O)CN(c2ccc(F)c(F)c2)S(C)(=O)=O)c(=O)n(-c2ccccc2)n1C. The molecule has 0 fully saturated rings. The molecule has 0 aliphatic heterocycles. The topological polar surface area (TPSA) is 93.4 Å². The van der Waals surface area contributed by atoms with E-state index in [1.165, 1.54) is 4.68 Å². The van der Waals surface area contributed by atoms with Crippen molar-refractivity contribution in [3.05, 3.63) is 76.2 Å². The van der Waals surface area contributed by atoms with Crippen molar-refractivity contribution in [2.24, 2.45) is 7.05 Å². The Kier molecular flexibility index (Phi) is 5.98. The van der Waals surface area contributed by atoms with Crippen molar-refractivity contribution in [2.75, 3.05) is 22.4 Å². The van der Waals surface area contributed by atoms with Crippen LogP contribution in [0.5, 0.6) is 0 Å². The van der Waals surface area contributed by atoms with Crippen LogP contribution in [-0.2, 0) is 21.9 Å². The second-order valence-corrected chi connectivity index (χ2v) is 8.76. The molecule has 2 aromatic carbocycles. The van der Waals surface area contributed by atoms with E-state index in [0.29, 0.717) is 21.8 Å². The summed E-state index contributed by atoms with van der Waals surface area (Å²) in [5.74, 6) is -3.22. The molecule has 8 nitrogen and oxygen atoms in total. The summed E-state index contributed by atoms with van der Waals surface area (Å²) < 4.78 is 54.6. The highest BCUT2D eigenvalue weighted by molar-refractivity contribution is 7.92. The number of carbonyl (C=O) groups excluding carboxylic acids is 1. The zero-order chi connectivity index (χ0) is 22.9. The van der Waals surface area contributed by atoms with Crippen LogP contribution in [0, 0.1) is 18.6 Å².